The van der Waals surface area contributed by atoms with Crippen LogP contribution in [0.5, 0.6) is 0 Å². The SMILES string of the molecule is Cc1ccc(-n2ccc3c(N[C@@H]4CCCN(C(=O)O)C4)ncnc32)cc1. The second-order valence-electron chi connectivity index (χ2n) is 6.69. The number of amides is 1. The summed E-state index contributed by atoms with van der Waals surface area (Å²) in [6.07, 6.45) is 4.44. The monoisotopic (exact) mass is 351 g/mol. The first-order valence-electron chi connectivity index (χ1n) is 8.75. The van der Waals surface area contributed by atoms with Gasteiger partial charge in [0.1, 0.15) is 17.8 Å². The van der Waals surface area contributed by atoms with Crippen LogP contribution >= 0.6 is 0 Å². The van der Waals surface area contributed by atoms with Gasteiger partial charge in [-0.2, -0.15) is 0 Å². The highest BCUT2D eigenvalue weighted by Gasteiger charge is 2.24. The Kier molecular flexibility index (Phi) is 4.20. The normalized spacial score (nSPS) is 17.4. The fourth-order valence-corrected chi connectivity index (χ4v) is 3.44. The maximum atomic E-state index is 11.2. The third kappa shape index (κ3) is 3.08. The van der Waals surface area contributed by atoms with Gasteiger partial charge in [0, 0.05) is 31.0 Å². The van der Waals surface area contributed by atoms with Crippen LogP contribution < -0.4 is 5.32 Å². The van der Waals surface area contributed by atoms with E-state index >= 15 is 0 Å². The van der Waals surface area contributed by atoms with Gasteiger partial charge in [-0.15, -0.1) is 0 Å². The fraction of sp³-hybridized carbons (Fsp3) is 0.316. The number of hydrogen-bond donors (Lipinski definition) is 2. The van der Waals surface area contributed by atoms with E-state index in [1.807, 2.05) is 16.8 Å². The summed E-state index contributed by atoms with van der Waals surface area (Å²) < 4.78 is 2.03. The minimum Gasteiger partial charge on any atom is -0.465 e. The lowest BCUT2D eigenvalue weighted by molar-refractivity contribution is 0.133. The lowest BCUT2D eigenvalue weighted by Gasteiger charge is -2.31. The fourth-order valence-electron chi connectivity index (χ4n) is 3.44. The largest absolute Gasteiger partial charge is 0.465 e. The van der Waals surface area contributed by atoms with Gasteiger partial charge < -0.3 is 19.9 Å². The number of fused-ring (bicyclic) bond motifs is 1. The number of hydrogen-bond acceptors (Lipinski definition) is 4. The molecule has 1 amide bonds. The molecule has 0 saturated carbocycles. The molecule has 7 nitrogen and oxygen atoms in total. The predicted octanol–water partition coefficient (Wildman–Crippen LogP) is 3.28. The lowest BCUT2D eigenvalue weighted by atomic mass is 10.1. The molecule has 2 aromatic heterocycles. The summed E-state index contributed by atoms with van der Waals surface area (Å²) in [6, 6.07) is 10.3. The Bertz CT molecular complexity index is 935. The molecule has 0 bridgehead atoms. The Hall–Kier alpha value is -3.09. The summed E-state index contributed by atoms with van der Waals surface area (Å²) in [5.41, 5.74) is 3.09. The number of nitrogens with one attached hydrogen (secondary N) is 1. The zero-order chi connectivity index (χ0) is 18.1. The van der Waals surface area contributed by atoms with E-state index in [0.29, 0.717) is 13.1 Å². The highest BCUT2D eigenvalue weighted by Crippen LogP contribution is 2.25. The van der Waals surface area contributed by atoms with Gasteiger partial charge in [-0.25, -0.2) is 14.8 Å². The molecule has 3 aromatic rings. The van der Waals surface area contributed by atoms with E-state index in [1.165, 1.54) is 10.5 Å². The summed E-state index contributed by atoms with van der Waals surface area (Å²) in [6.45, 7) is 3.13. The zero-order valence-electron chi connectivity index (χ0n) is 14.6. The second kappa shape index (κ2) is 6.67. The van der Waals surface area contributed by atoms with E-state index < -0.39 is 6.09 Å². The van der Waals surface area contributed by atoms with Crippen molar-refractivity contribution in [2.24, 2.45) is 0 Å². The van der Waals surface area contributed by atoms with Crippen LogP contribution in [-0.2, 0) is 0 Å². The molecule has 1 aromatic carbocycles. The van der Waals surface area contributed by atoms with Crippen molar-refractivity contribution in [3.8, 4) is 5.69 Å². The Morgan fingerprint density at radius 3 is 2.81 bits per heavy atom. The molecule has 7 heteroatoms. The van der Waals surface area contributed by atoms with Crippen LogP contribution in [0.25, 0.3) is 16.7 Å². The van der Waals surface area contributed by atoms with Crippen molar-refractivity contribution in [1.82, 2.24) is 19.4 Å². The van der Waals surface area contributed by atoms with Gasteiger partial charge in [-0.05, 0) is 38.0 Å². The van der Waals surface area contributed by atoms with Crippen molar-refractivity contribution in [1.29, 1.82) is 0 Å². The van der Waals surface area contributed by atoms with Gasteiger partial charge in [0.2, 0.25) is 0 Å². The van der Waals surface area contributed by atoms with Crippen LogP contribution in [0.4, 0.5) is 10.6 Å². The number of likely N-dealkylation sites (tertiary alicyclic amines) is 1. The molecule has 134 valence electrons. The van der Waals surface area contributed by atoms with Gasteiger partial charge in [-0.3, -0.25) is 0 Å². The second-order valence-corrected chi connectivity index (χ2v) is 6.69. The summed E-state index contributed by atoms with van der Waals surface area (Å²) in [7, 11) is 0. The van der Waals surface area contributed by atoms with E-state index in [9.17, 15) is 9.90 Å². The van der Waals surface area contributed by atoms with Crippen LogP contribution in [0.15, 0.2) is 42.9 Å². The van der Waals surface area contributed by atoms with Gasteiger partial charge in [0.05, 0.1) is 5.39 Å². The van der Waals surface area contributed by atoms with Crippen LogP contribution in [0.1, 0.15) is 18.4 Å². The third-order valence-electron chi connectivity index (χ3n) is 4.83. The minimum absolute atomic E-state index is 0.0562. The number of nitrogens with zero attached hydrogens (tertiary/aromatic N) is 4. The molecule has 2 N–H and O–H groups in total. The van der Waals surface area contributed by atoms with Crippen LogP contribution in [-0.4, -0.2) is 49.8 Å². The number of benzene rings is 1. The summed E-state index contributed by atoms with van der Waals surface area (Å²) >= 11 is 0. The van der Waals surface area contributed by atoms with Crippen molar-refractivity contribution < 1.29 is 9.90 Å². The summed E-state index contributed by atoms with van der Waals surface area (Å²) in [5, 5.41) is 13.6. The van der Waals surface area contributed by atoms with E-state index in [4.69, 9.17) is 0 Å². The van der Waals surface area contributed by atoms with Crippen LogP contribution in [0.2, 0.25) is 0 Å². The van der Waals surface area contributed by atoms with Crippen molar-refractivity contribution >= 4 is 22.9 Å². The van der Waals surface area contributed by atoms with Crippen molar-refractivity contribution in [3.63, 3.8) is 0 Å². The van der Waals surface area contributed by atoms with Gasteiger partial charge in [0.25, 0.3) is 0 Å². The Labute approximate surface area is 151 Å². The Balaban J connectivity index is 1.63. The minimum atomic E-state index is -0.866. The zero-order valence-corrected chi connectivity index (χ0v) is 14.6. The van der Waals surface area contributed by atoms with Gasteiger partial charge in [-0.1, -0.05) is 17.7 Å². The van der Waals surface area contributed by atoms with Crippen LogP contribution in [0, 0.1) is 6.92 Å². The van der Waals surface area contributed by atoms with Crippen molar-refractivity contribution in [2.75, 3.05) is 18.4 Å². The number of aromatic nitrogens is 3. The number of anilines is 1. The van der Waals surface area contributed by atoms with Gasteiger partial charge >= 0.3 is 6.09 Å². The molecule has 0 aliphatic carbocycles. The molecule has 1 saturated heterocycles. The molecule has 3 heterocycles. The average molecular weight is 351 g/mol. The highest BCUT2D eigenvalue weighted by atomic mass is 16.4. The summed E-state index contributed by atoms with van der Waals surface area (Å²) in [5.74, 6) is 0.748. The molecule has 1 aliphatic rings. The molecule has 0 spiro atoms. The first-order chi connectivity index (χ1) is 12.6. The van der Waals surface area contributed by atoms with Crippen molar-refractivity contribution in [3.05, 3.63) is 48.4 Å². The molecule has 4 rings (SSSR count). The number of aryl methyl sites for hydroxylation is 1. The standard InChI is InChI=1S/C19H21N5O2/c1-13-4-6-15(7-5-13)24-10-8-16-17(20-12-21-18(16)24)22-14-3-2-9-23(11-14)19(25)26/h4-8,10,12,14H,2-3,9,11H2,1H3,(H,25,26)(H,20,21,22)/t14-/m1/s1. The molecule has 26 heavy (non-hydrogen) atoms. The topological polar surface area (TPSA) is 83.3 Å². The molecule has 0 radical (unpaired) electrons. The third-order valence-corrected chi connectivity index (χ3v) is 4.83. The number of carboxylic acid groups (broad SMARTS) is 1. The van der Waals surface area contributed by atoms with Crippen LogP contribution in [0.3, 0.4) is 0 Å². The smallest absolute Gasteiger partial charge is 0.407 e. The Morgan fingerprint density at radius 1 is 1.23 bits per heavy atom. The quantitative estimate of drug-likeness (QED) is 0.756. The van der Waals surface area contributed by atoms with E-state index in [0.717, 1.165) is 35.4 Å². The van der Waals surface area contributed by atoms with E-state index in [1.54, 1.807) is 6.33 Å². The van der Waals surface area contributed by atoms with Crippen molar-refractivity contribution in [2.45, 2.75) is 25.8 Å². The number of rotatable bonds is 3. The Morgan fingerprint density at radius 2 is 2.04 bits per heavy atom. The summed E-state index contributed by atoms with van der Waals surface area (Å²) in [4.78, 5) is 21.5. The molecule has 1 fully saturated rings. The van der Waals surface area contributed by atoms with Gasteiger partial charge in [0.15, 0.2) is 0 Å². The van der Waals surface area contributed by atoms with E-state index in [-0.39, 0.29) is 6.04 Å². The molecule has 1 atom stereocenters. The predicted molar refractivity (Wildman–Crippen MR) is 99.8 cm³/mol. The lowest BCUT2D eigenvalue weighted by Crippen LogP contribution is -2.44. The maximum Gasteiger partial charge on any atom is 0.407 e. The maximum absolute atomic E-state index is 11.2. The average Bonchev–Trinajstić information content (AvgIpc) is 3.08. The van der Waals surface area contributed by atoms with E-state index in [2.05, 4.69) is 46.5 Å². The number of carbonyl (C=O) groups is 1. The number of piperidine rings is 1. The molecule has 0 unspecified atom stereocenters. The first kappa shape index (κ1) is 16.4. The molecule has 1 aliphatic heterocycles. The molecular weight excluding hydrogens is 330 g/mol. The molecular formula is C19H21N5O2. The first-order valence-corrected chi connectivity index (χ1v) is 8.75. The highest BCUT2D eigenvalue weighted by molar-refractivity contribution is 5.88.